The summed E-state index contributed by atoms with van der Waals surface area (Å²) in [6, 6.07) is 18.1. The van der Waals surface area contributed by atoms with E-state index in [0.29, 0.717) is 0 Å². The number of rotatable bonds is 14. The summed E-state index contributed by atoms with van der Waals surface area (Å²) < 4.78 is 0. The van der Waals surface area contributed by atoms with Crippen molar-refractivity contribution >= 4 is 11.4 Å². The first-order valence-corrected chi connectivity index (χ1v) is 13.1. The van der Waals surface area contributed by atoms with Crippen molar-refractivity contribution in [3.63, 3.8) is 0 Å². The van der Waals surface area contributed by atoms with Gasteiger partial charge in [-0.25, -0.2) is 0 Å². The average molecular weight is 443 g/mol. The van der Waals surface area contributed by atoms with Gasteiger partial charge in [0.05, 0.1) is 5.57 Å². The summed E-state index contributed by atoms with van der Waals surface area (Å²) in [6.07, 6.45) is 12.1. The zero-order valence-electron chi connectivity index (χ0n) is 21.3. The van der Waals surface area contributed by atoms with Gasteiger partial charge in [0.1, 0.15) is 0 Å². The molecule has 2 aromatic rings. The van der Waals surface area contributed by atoms with Crippen LogP contribution in [-0.2, 0) is 12.8 Å². The van der Waals surface area contributed by atoms with Crippen LogP contribution in [0.4, 0.5) is 0 Å². The Morgan fingerprint density at radius 2 is 1.27 bits per heavy atom. The first-order chi connectivity index (χ1) is 16.2. The summed E-state index contributed by atoms with van der Waals surface area (Å²) in [5, 5.41) is 0. The first kappa shape index (κ1) is 26.6. The van der Waals surface area contributed by atoms with Gasteiger partial charge in [0.2, 0.25) is 0 Å². The van der Waals surface area contributed by atoms with E-state index in [9.17, 15) is 5.53 Å². The molecule has 0 aliphatic rings. The molecule has 0 N–H and O–H groups in total. The van der Waals surface area contributed by atoms with Crippen LogP contribution >= 0.6 is 0 Å². The molecule has 33 heavy (non-hydrogen) atoms. The van der Waals surface area contributed by atoms with Crippen LogP contribution in [-0.4, -0.2) is 10.7 Å². The quantitative estimate of drug-likeness (QED) is 0.0920. The molecule has 0 heterocycles. The Bertz CT molecular complexity index is 951. The number of allylic oxidation sites excluding steroid dienone is 2. The van der Waals surface area contributed by atoms with E-state index >= 15 is 0 Å². The molecule has 0 saturated carbocycles. The van der Waals surface area contributed by atoms with Crippen molar-refractivity contribution < 1.29 is 4.79 Å². The predicted octanol–water partition coefficient (Wildman–Crippen LogP) is 8.99. The lowest BCUT2D eigenvalue weighted by atomic mass is 9.85. The molecule has 0 amide bonds. The van der Waals surface area contributed by atoms with E-state index in [2.05, 4.69) is 86.9 Å². The van der Waals surface area contributed by atoms with E-state index in [-0.39, 0.29) is 0 Å². The van der Waals surface area contributed by atoms with Crippen LogP contribution in [0.2, 0.25) is 0 Å². The van der Waals surface area contributed by atoms with Gasteiger partial charge in [0.15, 0.2) is 0 Å². The average Bonchev–Trinajstić information content (AvgIpc) is 2.86. The number of unbranched alkanes of at least 4 members (excludes halogenated alkanes) is 4. The minimum atomic E-state index is 0.882. The van der Waals surface area contributed by atoms with Crippen molar-refractivity contribution in [3.05, 3.63) is 87.5 Å². The van der Waals surface area contributed by atoms with Crippen LogP contribution in [0, 0.1) is 0 Å². The zero-order chi connectivity index (χ0) is 23.9. The molecule has 2 nitrogen and oxygen atoms in total. The van der Waals surface area contributed by atoms with Gasteiger partial charge < -0.3 is 5.53 Å². The Labute approximate surface area is 202 Å². The van der Waals surface area contributed by atoms with Crippen LogP contribution in [0.3, 0.4) is 0 Å². The highest BCUT2D eigenvalue weighted by molar-refractivity contribution is 5.87. The highest BCUT2D eigenvalue weighted by atomic mass is 14.8. The molecule has 0 fully saturated rings. The molecular weight excluding hydrogens is 400 g/mol. The van der Waals surface area contributed by atoms with Crippen LogP contribution < -0.4 is 0 Å². The van der Waals surface area contributed by atoms with E-state index < -0.39 is 0 Å². The molecular formula is C31H42N2. The van der Waals surface area contributed by atoms with Crippen LogP contribution in [0.1, 0.15) is 108 Å². The predicted molar refractivity (Wildman–Crippen MR) is 143 cm³/mol. The fourth-order valence-electron chi connectivity index (χ4n) is 4.31. The van der Waals surface area contributed by atoms with E-state index in [1.54, 1.807) is 0 Å². The normalized spacial score (nSPS) is 11.5. The molecule has 2 rings (SSSR count). The molecule has 0 aliphatic carbocycles. The van der Waals surface area contributed by atoms with Gasteiger partial charge in [-0.05, 0) is 78.3 Å². The Morgan fingerprint density at radius 1 is 0.697 bits per heavy atom. The summed E-state index contributed by atoms with van der Waals surface area (Å²) >= 11 is 0. The Kier molecular flexibility index (Phi) is 12.3. The topological polar surface area (TPSA) is 36.4 Å². The first-order valence-electron chi connectivity index (χ1n) is 13.1. The lowest BCUT2D eigenvalue weighted by Gasteiger charge is -2.18. The molecule has 176 valence electrons. The highest BCUT2D eigenvalue weighted by Crippen LogP contribution is 2.35. The summed E-state index contributed by atoms with van der Waals surface area (Å²) in [5.74, 6) is 2.97. The summed E-state index contributed by atoms with van der Waals surface area (Å²) in [5.41, 5.74) is 18.2. The van der Waals surface area contributed by atoms with Crippen molar-refractivity contribution in [2.45, 2.75) is 98.3 Å². The van der Waals surface area contributed by atoms with Gasteiger partial charge >= 0.3 is 5.87 Å². The second-order valence-electron chi connectivity index (χ2n) is 8.96. The van der Waals surface area contributed by atoms with E-state index in [1.807, 2.05) is 0 Å². The smallest absolute Gasteiger partial charge is 0.303 e. The fourth-order valence-corrected chi connectivity index (χ4v) is 4.31. The van der Waals surface area contributed by atoms with E-state index in [4.69, 9.17) is 0 Å². The summed E-state index contributed by atoms with van der Waals surface area (Å²) in [6.45, 7) is 8.88. The Balaban J connectivity index is 2.70. The molecule has 2 heteroatoms. The maximum Gasteiger partial charge on any atom is 0.303 e. The van der Waals surface area contributed by atoms with Crippen molar-refractivity contribution in [1.29, 1.82) is 0 Å². The van der Waals surface area contributed by atoms with Gasteiger partial charge in [-0.15, -0.1) is 4.79 Å². The molecule has 0 spiro atoms. The van der Waals surface area contributed by atoms with Crippen LogP contribution in [0.25, 0.3) is 11.1 Å². The van der Waals surface area contributed by atoms with Gasteiger partial charge in [-0.1, -0.05) is 102 Å². The lowest BCUT2D eigenvalue weighted by molar-refractivity contribution is 0.00739. The van der Waals surface area contributed by atoms with Crippen molar-refractivity contribution in [3.8, 4) is 0 Å². The molecule has 0 atom stereocenters. The zero-order valence-corrected chi connectivity index (χ0v) is 21.3. The molecule has 2 aromatic carbocycles. The van der Waals surface area contributed by atoms with Gasteiger partial charge in [0, 0.05) is 0 Å². The summed E-state index contributed by atoms with van der Waals surface area (Å²) in [7, 11) is 0. The standard InChI is InChI=1S/C31H42N2/c1-5-9-12-15-30(29(24-33-32)14-11-7-3)31(27-20-16-25(8-4)17-21-27)28-22-18-26(19-23-28)13-10-6-2/h16-23H,5-15H2,1-4H3. The fraction of sp³-hybridized carbons (Fsp3) is 0.484. The monoisotopic (exact) mass is 442 g/mol. The minimum absolute atomic E-state index is 0.882. The van der Waals surface area contributed by atoms with Crippen molar-refractivity contribution in [2.75, 3.05) is 0 Å². The van der Waals surface area contributed by atoms with E-state index in [1.165, 1.54) is 59.1 Å². The molecule has 0 aromatic heterocycles. The van der Waals surface area contributed by atoms with Crippen LogP contribution in [0.5, 0.6) is 0 Å². The number of aryl methyl sites for hydroxylation is 2. The molecule has 0 radical (unpaired) electrons. The van der Waals surface area contributed by atoms with Crippen LogP contribution in [0.15, 0.2) is 59.7 Å². The SMILES string of the molecule is CCCCCC(C(=C=[N+]=[N-])CCCC)=C(c1ccc(CC)cc1)c1ccc(CCCC)cc1. The number of benzene rings is 2. The lowest BCUT2D eigenvalue weighted by Crippen LogP contribution is -2.01. The van der Waals surface area contributed by atoms with Crippen molar-refractivity contribution in [2.24, 2.45) is 0 Å². The maximum absolute atomic E-state index is 9.44. The third kappa shape index (κ3) is 8.32. The third-order valence-corrected chi connectivity index (χ3v) is 6.37. The second kappa shape index (κ2) is 15.2. The Morgan fingerprint density at radius 3 is 1.79 bits per heavy atom. The van der Waals surface area contributed by atoms with Crippen molar-refractivity contribution in [1.82, 2.24) is 0 Å². The van der Waals surface area contributed by atoms with Gasteiger partial charge in [0.25, 0.3) is 0 Å². The molecule has 0 saturated heterocycles. The largest absolute Gasteiger partial charge is 0.348 e. The maximum atomic E-state index is 9.44. The number of nitrogens with zero attached hydrogens (tertiary/aromatic N) is 2. The summed E-state index contributed by atoms with van der Waals surface area (Å²) in [4.78, 5) is 3.36. The Hall–Kier alpha value is -2.66. The van der Waals surface area contributed by atoms with Gasteiger partial charge in [-0.2, -0.15) is 0 Å². The van der Waals surface area contributed by atoms with Gasteiger partial charge in [-0.3, -0.25) is 0 Å². The molecule has 0 bridgehead atoms. The number of hydrogen-bond donors (Lipinski definition) is 0. The highest BCUT2D eigenvalue weighted by Gasteiger charge is 2.18. The molecule has 0 unspecified atom stereocenters. The minimum Gasteiger partial charge on any atom is -0.348 e. The van der Waals surface area contributed by atoms with E-state index in [0.717, 1.165) is 50.5 Å². The molecule has 0 aliphatic heterocycles. The second-order valence-corrected chi connectivity index (χ2v) is 8.96. The number of hydrogen-bond acceptors (Lipinski definition) is 0. The third-order valence-electron chi connectivity index (χ3n) is 6.37.